The van der Waals surface area contributed by atoms with Gasteiger partial charge in [0.2, 0.25) is 12.5 Å². The van der Waals surface area contributed by atoms with Crippen LogP contribution in [0.5, 0.6) is 28.7 Å². The lowest BCUT2D eigenvalue weighted by Crippen LogP contribution is -2.59. The molecule has 0 amide bonds. The third-order valence-electron chi connectivity index (χ3n) is 8.31. The number of methoxy groups -OCH3 is 3. The summed E-state index contributed by atoms with van der Waals surface area (Å²) in [5.74, 6) is -0.247. The Hall–Kier alpha value is -3.33. The second-order valence-electron chi connectivity index (χ2n) is 10.3. The van der Waals surface area contributed by atoms with Gasteiger partial charge in [-0.1, -0.05) is 6.07 Å². The van der Waals surface area contributed by atoms with E-state index in [1.54, 1.807) is 18.2 Å². The van der Waals surface area contributed by atoms with Gasteiger partial charge in [-0.3, -0.25) is 4.79 Å². The molecule has 3 aliphatic heterocycles. The van der Waals surface area contributed by atoms with Crippen molar-refractivity contribution in [3.8, 4) is 28.7 Å². The smallest absolute Gasteiger partial charge is 0.310 e. The van der Waals surface area contributed by atoms with E-state index < -0.39 is 67.1 Å². The largest absolute Gasteiger partial charge is 0.493 e. The molecule has 2 aromatic carbocycles. The van der Waals surface area contributed by atoms with Crippen LogP contribution in [0, 0.1) is 11.8 Å². The van der Waals surface area contributed by atoms with E-state index >= 15 is 0 Å². The Morgan fingerprint density at radius 1 is 0.927 bits per heavy atom. The van der Waals surface area contributed by atoms with Gasteiger partial charge < -0.3 is 58.3 Å². The number of aliphatic hydroxyl groups is 4. The standard InChI is InChI=1S/C28H32O13/c1-34-14-5-4-11(6-15(14)35-2)18-12-7-16-25(39-10-38-16)26(36-3)20(12)24(13-9-37-27(33)19(13)18)41-28-23(32)22(31)21(30)17(8-29)40-28/h4-7,13,17-19,21-24,28-32H,8-10H2,1-3H3/t13?,17-,18-,19?,21-,22+,23-,24+,28+/m1/s1. The number of hydrogen-bond donors (Lipinski definition) is 4. The van der Waals surface area contributed by atoms with Crippen molar-refractivity contribution in [2.75, 3.05) is 41.3 Å². The van der Waals surface area contributed by atoms with Crippen LogP contribution < -0.4 is 23.7 Å². The third kappa shape index (κ3) is 4.35. The minimum absolute atomic E-state index is 0.00752. The summed E-state index contributed by atoms with van der Waals surface area (Å²) < 4.78 is 45.8. The summed E-state index contributed by atoms with van der Waals surface area (Å²) in [5.41, 5.74) is 1.89. The van der Waals surface area contributed by atoms with Crippen molar-refractivity contribution in [1.29, 1.82) is 0 Å². The molecule has 0 spiro atoms. The van der Waals surface area contributed by atoms with E-state index in [1.165, 1.54) is 21.3 Å². The Morgan fingerprint density at radius 3 is 2.41 bits per heavy atom. The maximum Gasteiger partial charge on any atom is 0.310 e. The van der Waals surface area contributed by atoms with Crippen molar-refractivity contribution in [3.63, 3.8) is 0 Å². The molecule has 13 heteroatoms. The molecule has 9 atom stereocenters. The van der Waals surface area contributed by atoms with E-state index in [0.29, 0.717) is 39.9 Å². The first-order valence-electron chi connectivity index (χ1n) is 13.2. The number of carbonyl (C=O) groups excluding carboxylic acids is 1. The SMILES string of the molecule is COc1ccc([C@@H]2c3cc4c(c(OC)c3[C@@H](O[C@@H]3O[C@H](CO)[C@@H](O)[C@H](O)[C@H]3O)C3COC(=O)C32)OCO4)cc1OC. The number of esters is 1. The number of aliphatic hydroxyl groups excluding tert-OH is 4. The maximum atomic E-state index is 13.4. The third-order valence-corrected chi connectivity index (χ3v) is 8.31. The van der Waals surface area contributed by atoms with Gasteiger partial charge in [0.1, 0.15) is 24.4 Å². The number of cyclic esters (lactones) is 1. The number of fused-ring (bicyclic) bond motifs is 3. The summed E-state index contributed by atoms with van der Waals surface area (Å²) in [6, 6.07) is 7.16. The van der Waals surface area contributed by atoms with Crippen LogP contribution in [-0.2, 0) is 19.0 Å². The van der Waals surface area contributed by atoms with Gasteiger partial charge in [-0.05, 0) is 29.3 Å². The van der Waals surface area contributed by atoms with Gasteiger partial charge in [-0.15, -0.1) is 0 Å². The molecule has 2 unspecified atom stereocenters. The zero-order valence-corrected chi connectivity index (χ0v) is 22.6. The highest BCUT2D eigenvalue weighted by molar-refractivity contribution is 5.79. The normalized spacial score (nSPS) is 33.5. The average molecular weight is 577 g/mol. The first kappa shape index (κ1) is 27.8. The number of hydrogen-bond acceptors (Lipinski definition) is 13. The highest BCUT2D eigenvalue weighted by atomic mass is 16.7. The van der Waals surface area contributed by atoms with E-state index in [0.717, 1.165) is 5.56 Å². The topological polar surface area (TPSA) is 172 Å². The van der Waals surface area contributed by atoms with E-state index in [1.807, 2.05) is 6.07 Å². The predicted molar refractivity (Wildman–Crippen MR) is 136 cm³/mol. The van der Waals surface area contributed by atoms with Crippen LogP contribution >= 0.6 is 0 Å². The second kappa shape index (κ2) is 10.8. The summed E-state index contributed by atoms with van der Waals surface area (Å²) in [4.78, 5) is 13.4. The lowest BCUT2D eigenvalue weighted by molar-refractivity contribution is -0.317. The molecule has 1 aliphatic carbocycles. The molecular formula is C28H32O13. The first-order chi connectivity index (χ1) is 19.8. The number of carbonyl (C=O) groups is 1. The molecule has 0 radical (unpaired) electrons. The fourth-order valence-electron chi connectivity index (χ4n) is 6.35. The second-order valence-corrected chi connectivity index (χ2v) is 10.3. The van der Waals surface area contributed by atoms with Crippen LogP contribution in [0.3, 0.4) is 0 Å². The lowest BCUT2D eigenvalue weighted by atomic mass is 9.66. The van der Waals surface area contributed by atoms with Gasteiger partial charge in [0.05, 0.1) is 46.6 Å². The molecular weight excluding hydrogens is 544 g/mol. The molecule has 0 bridgehead atoms. The molecule has 4 N–H and O–H groups in total. The fraction of sp³-hybridized carbons (Fsp3) is 0.536. The lowest BCUT2D eigenvalue weighted by Gasteiger charge is -2.44. The van der Waals surface area contributed by atoms with Gasteiger partial charge in [-0.2, -0.15) is 0 Å². The van der Waals surface area contributed by atoms with Crippen LogP contribution in [-0.4, -0.2) is 98.4 Å². The predicted octanol–water partition coefficient (Wildman–Crippen LogP) is 0.233. The molecule has 2 aromatic rings. The summed E-state index contributed by atoms with van der Waals surface area (Å²) in [5, 5.41) is 41.1. The molecule has 41 heavy (non-hydrogen) atoms. The summed E-state index contributed by atoms with van der Waals surface area (Å²) in [7, 11) is 4.52. The molecule has 3 heterocycles. The Balaban J connectivity index is 1.52. The van der Waals surface area contributed by atoms with E-state index in [2.05, 4.69) is 0 Å². The zero-order chi connectivity index (χ0) is 29.0. The van der Waals surface area contributed by atoms with Crippen LogP contribution in [0.2, 0.25) is 0 Å². The Bertz CT molecular complexity index is 1310. The molecule has 0 saturated carbocycles. The van der Waals surface area contributed by atoms with Crippen molar-refractivity contribution < 1.29 is 63.1 Å². The van der Waals surface area contributed by atoms with Crippen molar-refractivity contribution in [2.24, 2.45) is 11.8 Å². The van der Waals surface area contributed by atoms with Crippen molar-refractivity contribution in [3.05, 3.63) is 41.0 Å². The van der Waals surface area contributed by atoms with Crippen LogP contribution in [0.4, 0.5) is 0 Å². The van der Waals surface area contributed by atoms with E-state index in [-0.39, 0.29) is 13.4 Å². The van der Waals surface area contributed by atoms with Gasteiger partial charge >= 0.3 is 5.97 Å². The van der Waals surface area contributed by atoms with Crippen molar-refractivity contribution >= 4 is 5.97 Å². The molecule has 222 valence electrons. The summed E-state index contributed by atoms with van der Waals surface area (Å²) >= 11 is 0. The monoisotopic (exact) mass is 576 g/mol. The molecule has 4 aliphatic rings. The molecule has 0 aromatic heterocycles. The molecule has 2 fully saturated rings. The highest BCUT2D eigenvalue weighted by Gasteiger charge is 2.56. The van der Waals surface area contributed by atoms with Crippen molar-refractivity contribution in [2.45, 2.75) is 42.7 Å². The van der Waals surface area contributed by atoms with Gasteiger partial charge in [0, 0.05) is 17.4 Å². The first-order valence-corrected chi connectivity index (χ1v) is 13.2. The highest BCUT2D eigenvalue weighted by Crippen LogP contribution is 2.60. The molecule has 2 saturated heterocycles. The Labute approximate surface area is 235 Å². The van der Waals surface area contributed by atoms with Gasteiger partial charge in [0.15, 0.2) is 29.3 Å². The molecule has 13 nitrogen and oxygen atoms in total. The zero-order valence-electron chi connectivity index (χ0n) is 22.6. The van der Waals surface area contributed by atoms with Gasteiger partial charge in [0.25, 0.3) is 0 Å². The summed E-state index contributed by atoms with van der Waals surface area (Å²) in [6.45, 7) is -0.668. The quantitative estimate of drug-likeness (QED) is 0.331. The van der Waals surface area contributed by atoms with Gasteiger partial charge in [-0.25, -0.2) is 0 Å². The van der Waals surface area contributed by atoms with E-state index in [4.69, 9.17) is 37.9 Å². The Morgan fingerprint density at radius 2 is 1.71 bits per heavy atom. The van der Waals surface area contributed by atoms with E-state index in [9.17, 15) is 25.2 Å². The number of rotatable bonds is 7. The Kier molecular flexibility index (Phi) is 7.34. The summed E-state index contributed by atoms with van der Waals surface area (Å²) in [6.07, 6.45) is -8.47. The minimum atomic E-state index is -1.66. The average Bonchev–Trinajstić information content (AvgIpc) is 3.62. The number of benzene rings is 2. The molecule has 6 rings (SSSR count). The number of ether oxygens (including phenoxy) is 8. The van der Waals surface area contributed by atoms with Crippen LogP contribution in [0.1, 0.15) is 28.7 Å². The maximum absolute atomic E-state index is 13.4. The van der Waals surface area contributed by atoms with Crippen LogP contribution in [0.25, 0.3) is 0 Å². The van der Waals surface area contributed by atoms with Crippen molar-refractivity contribution in [1.82, 2.24) is 0 Å². The fourth-order valence-corrected chi connectivity index (χ4v) is 6.35. The van der Waals surface area contributed by atoms with Crippen LogP contribution in [0.15, 0.2) is 24.3 Å². The minimum Gasteiger partial charge on any atom is -0.493 e.